The van der Waals surface area contributed by atoms with E-state index in [0.29, 0.717) is 26.1 Å². The third-order valence-electron chi connectivity index (χ3n) is 4.97. The van der Waals surface area contributed by atoms with Gasteiger partial charge >= 0.3 is 5.97 Å². The van der Waals surface area contributed by atoms with Crippen molar-refractivity contribution in [3.05, 3.63) is 0 Å². The number of carboxylic acids is 1. The van der Waals surface area contributed by atoms with Crippen LogP contribution in [0, 0.1) is 17.8 Å². The number of piperidine rings is 1. The van der Waals surface area contributed by atoms with Crippen molar-refractivity contribution in [1.29, 1.82) is 0 Å². The second-order valence-electron chi connectivity index (χ2n) is 6.54. The smallest absolute Gasteiger partial charge is 0.308 e. The molecule has 124 valence electrons. The van der Waals surface area contributed by atoms with Gasteiger partial charge in [0.05, 0.1) is 11.8 Å². The van der Waals surface area contributed by atoms with Gasteiger partial charge in [-0.15, -0.1) is 0 Å². The number of hydrogen-bond donors (Lipinski definition) is 1. The molecule has 2 heterocycles. The van der Waals surface area contributed by atoms with Crippen LogP contribution >= 0.6 is 0 Å². The van der Waals surface area contributed by atoms with Crippen LogP contribution in [0.25, 0.3) is 0 Å². The first kappa shape index (κ1) is 16.8. The second kappa shape index (κ2) is 7.11. The summed E-state index contributed by atoms with van der Waals surface area (Å²) in [4.78, 5) is 39.3. The SMILES string of the molecule is CCC(C)C(=O)N1CCCC(C(=O)N2CCC(C(=O)O)C2)C1. The number of rotatable bonds is 4. The van der Waals surface area contributed by atoms with Gasteiger partial charge in [-0.2, -0.15) is 0 Å². The Morgan fingerprint density at radius 2 is 1.77 bits per heavy atom. The van der Waals surface area contributed by atoms with Crippen LogP contribution < -0.4 is 0 Å². The Morgan fingerprint density at radius 1 is 1.09 bits per heavy atom. The third-order valence-corrected chi connectivity index (χ3v) is 4.97. The van der Waals surface area contributed by atoms with Crippen LogP contribution in [-0.4, -0.2) is 58.9 Å². The zero-order valence-corrected chi connectivity index (χ0v) is 13.5. The molecule has 0 bridgehead atoms. The van der Waals surface area contributed by atoms with E-state index in [1.165, 1.54) is 0 Å². The molecular formula is C16H26N2O4. The van der Waals surface area contributed by atoms with E-state index in [-0.39, 0.29) is 23.7 Å². The molecule has 22 heavy (non-hydrogen) atoms. The van der Waals surface area contributed by atoms with Gasteiger partial charge in [-0.25, -0.2) is 0 Å². The van der Waals surface area contributed by atoms with E-state index < -0.39 is 11.9 Å². The molecule has 3 unspecified atom stereocenters. The molecular weight excluding hydrogens is 284 g/mol. The lowest BCUT2D eigenvalue weighted by Gasteiger charge is -2.35. The minimum Gasteiger partial charge on any atom is -0.481 e. The average molecular weight is 310 g/mol. The summed E-state index contributed by atoms with van der Waals surface area (Å²) >= 11 is 0. The zero-order valence-electron chi connectivity index (χ0n) is 13.5. The van der Waals surface area contributed by atoms with E-state index in [0.717, 1.165) is 25.8 Å². The largest absolute Gasteiger partial charge is 0.481 e. The van der Waals surface area contributed by atoms with Crippen molar-refractivity contribution in [3.8, 4) is 0 Å². The highest BCUT2D eigenvalue weighted by Gasteiger charge is 2.36. The maximum atomic E-state index is 12.6. The lowest BCUT2D eigenvalue weighted by Crippen LogP contribution is -2.47. The van der Waals surface area contributed by atoms with Gasteiger partial charge in [0.15, 0.2) is 0 Å². The fraction of sp³-hybridized carbons (Fsp3) is 0.812. The highest BCUT2D eigenvalue weighted by Crippen LogP contribution is 2.24. The number of carbonyl (C=O) groups is 3. The summed E-state index contributed by atoms with van der Waals surface area (Å²) in [6.45, 7) is 5.95. The molecule has 2 aliphatic rings. The van der Waals surface area contributed by atoms with Crippen LogP contribution in [0.15, 0.2) is 0 Å². The Kier molecular flexibility index (Phi) is 5.42. The minimum absolute atomic E-state index is 0.00275. The van der Waals surface area contributed by atoms with Crippen molar-refractivity contribution in [1.82, 2.24) is 9.80 Å². The molecule has 6 nitrogen and oxygen atoms in total. The Hall–Kier alpha value is -1.59. The van der Waals surface area contributed by atoms with Gasteiger partial charge in [0, 0.05) is 32.1 Å². The first-order valence-electron chi connectivity index (χ1n) is 8.24. The molecule has 3 atom stereocenters. The summed E-state index contributed by atoms with van der Waals surface area (Å²) in [6.07, 6.45) is 2.97. The van der Waals surface area contributed by atoms with Crippen LogP contribution in [0.4, 0.5) is 0 Å². The number of amides is 2. The van der Waals surface area contributed by atoms with Gasteiger partial charge in [-0.05, 0) is 25.7 Å². The fourth-order valence-electron chi connectivity index (χ4n) is 3.29. The molecule has 2 amide bonds. The minimum atomic E-state index is -0.826. The summed E-state index contributed by atoms with van der Waals surface area (Å²) in [5.74, 6) is -1.29. The van der Waals surface area contributed by atoms with Crippen molar-refractivity contribution in [2.75, 3.05) is 26.2 Å². The molecule has 0 aliphatic carbocycles. The van der Waals surface area contributed by atoms with Crippen molar-refractivity contribution in [2.24, 2.45) is 17.8 Å². The maximum Gasteiger partial charge on any atom is 0.308 e. The van der Waals surface area contributed by atoms with Crippen LogP contribution in [0.1, 0.15) is 39.5 Å². The Labute approximate surface area is 131 Å². The first-order valence-corrected chi connectivity index (χ1v) is 8.24. The molecule has 0 aromatic carbocycles. The maximum absolute atomic E-state index is 12.6. The lowest BCUT2D eigenvalue weighted by molar-refractivity contribution is -0.142. The molecule has 2 fully saturated rings. The van der Waals surface area contributed by atoms with Crippen LogP contribution in [-0.2, 0) is 14.4 Å². The normalized spacial score (nSPS) is 26.8. The van der Waals surface area contributed by atoms with Crippen molar-refractivity contribution >= 4 is 17.8 Å². The van der Waals surface area contributed by atoms with Crippen LogP contribution in [0.5, 0.6) is 0 Å². The van der Waals surface area contributed by atoms with Gasteiger partial charge in [-0.3, -0.25) is 14.4 Å². The number of carbonyl (C=O) groups excluding carboxylic acids is 2. The highest BCUT2D eigenvalue weighted by atomic mass is 16.4. The molecule has 0 spiro atoms. The quantitative estimate of drug-likeness (QED) is 0.846. The Bertz CT molecular complexity index is 451. The standard InChI is InChI=1S/C16H26N2O4/c1-3-11(2)14(19)17-7-4-5-12(9-17)15(20)18-8-6-13(10-18)16(21)22/h11-13H,3-10H2,1-2H3,(H,21,22). The summed E-state index contributed by atoms with van der Waals surface area (Å²) < 4.78 is 0. The van der Waals surface area contributed by atoms with Gasteiger partial charge in [0.2, 0.25) is 11.8 Å². The van der Waals surface area contributed by atoms with Gasteiger partial charge in [0.25, 0.3) is 0 Å². The predicted molar refractivity (Wildman–Crippen MR) is 81.1 cm³/mol. The molecule has 0 aromatic rings. The number of carboxylic acid groups (broad SMARTS) is 1. The van der Waals surface area contributed by atoms with Gasteiger partial charge < -0.3 is 14.9 Å². The third kappa shape index (κ3) is 3.59. The molecule has 0 saturated carbocycles. The van der Waals surface area contributed by atoms with E-state index in [1.807, 2.05) is 18.7 Å². The molecule has 2 aliphatic heterocycles. The summed E-state index contributed by atoms with van der Waals surface area (Å²) in [7, 11) is 0. The summed E-state index contributed by atoms with van der Waals surface area (Å²) in [5.41, 5.74) is 0. The van der Waals surface area contributed by atoms with Crippen molar-refractivity contribution in [2.45, 2.75) is 39.5 Å². The molecule has 6 heteroatoms. The molecule has 0 radical (unpaired) electrons. The topological polar surface area (TPSA) is 77.9 Å². The number of aliphatic carboxylic acids is 1. The van der Waals surface area contributed by atoms with E-state index in [9.17, 15) is 14.4 Å². The average Bonchev–Trinajstić information content (AvgIpc) is 3.03. The Balaban J connectivity index is 1.93. The van der Waals surface area contributed by atoms with Crippen molar-refractivity contribution < 1.29 is 19.5 Å². The van der Waals surface area contributed by atoms with Crippen LogP contribution in [0.3, 0.4) is 0 Å². The van der Waals surface area contributed by atoms with E-state index in [2.05, 4.69) is 0 Å². The monoisotopic (exact) mass is 310 g/mol. The lowest BCUT2D eigenvalue weighted by atomic mass is 9.95. The number of likely N-dealkylation sites (tertiary alicyclic amines) is 2. The molecule has 2 rings (SSSR count). The highest BCUT2D eigenvalue weighted by molar-refractivity contribution is 5.83. The molecule has 1 N–H and O–H groups in total. The second-order valence-corrected chi connectivity index (χ2v) is 6.54. The first-order chi connectivity index (χ1) is 10.4. The molecule has 0 aromatic heterocycles. The zero-order chi connectivity index (χ0) is 16.3. The van der Waals surface area contributed by atoms with Gasteiger partial charge in [0.1, 0.15) is 0 Å². The number of hydrogen-bond acceptors (Lipinski definition) is 3. The fourth-order valence-corrected chi connectivity index (χ4v) is 3.29. The van der Waals surface area contributed by atoms with E-state index >= 15 is 0 Å². The number of nitrogens with zero attached hydrogens (tertiary/aromatic N) is 2. The summed E-state index contributed by atoms with van der Waals surface area (Å²) in [6, 6.07) is 0. The predicted octanol–water partition coefficient (Wildman–Crippen LogP) is 1.20. The van der Waals surface area contributed by atoms with Crippen molar-refractivity contribution in [3.63, 3.8) is 0 Å². The summed E-state index contributed by atoms with van der Waals surface area (Å²) in [5, 5.41) is 9.04. The van der Waals surface area contributed by atoms with Gasteiger partial charge in [-0.1, -0.05) is 13.8 Å². The Morgan fingerprint density at radius 3 is 2.36 bits per heavy atom. The van der Waals surface area contributed by atoms with E-state index in [1.54, 1.807) is 4.90 Å². The van der Waals surface area contributed by atoms with E-state index in [4.69, 9.17) is 5.11 Å². The van der Waals surface area contributed by atoms with Crippen LogP contribution in [0.2, 0.25) is 0 Å². The molecule has 2 saturated heterocycles.